The Balaban J connectivity index is 1.74. The molecule has 0 spiro atoms. The monoisotopic (exact) mass is 472 g/mol. The molecule has 178 valence electrons. The van der Waals surface area contributed by atoms with Crippen molar-refractivity contribution in [3.8, 4) is 5.75 Å². The quantitative estimate of drug-likeness (QED) is 0.571. The molecule has 0 aromatic heterocycles. The Labute approximate surface area is 201 Å². The molecular formula is C26H33ClN2O4. The first-order valence-corrected chi connectivity index (χ1v) is 11.6. The zero-order valence-corrected chi connectivity index (χ0v) is 20.5. The molecule has 1 heterocycles. The van der Waals surface area contributed by atoms with Crippen LogP contribution < -0.4 is 4.74 Å². The van der Waals surface area contributed by atoms with Crippen LogP contribution in [0.2, 0.25) is 5.02 Å². The Morgan fingerprint density at radius 1 is 1.15 bits per heavy atom. The van der Waals surface area contributed by atoms with Crippen LogP contribution in [0.4, 0.5) is 0 Å². The van der Waals surface area contributed by atoms with Gasteiger partial charge in [0.2, 0.25) is 5.91 Å². The van der Waals surface area contributed by atoms with Crippen LogP contribution in [0.15, 0.2) is 54.6 Å². The SMILES string of the molecule is COC(C)(C)C(=O)N1CC[C@H](Oc2cccc(Cl)c2)[C@@H](CC(=O)N(C)Cc2ccccc2)C1. The fourth-order valence-electron chi connectivity index (χ4n) is 4.06. The Morgan fingerprint density at radius 2 is 1.88 bits per heavy atom. The number of methoxy groups -OCH3 is 1. The second-order valence-corrected chi connectivity index (χ2v) is 9.50. The first-order valence-electron chi connectivity index (χ1n) is 11.2. The van der Waals surface area contributed by atoms with E-state index < -0.39 is 5.60 Å². The maximum Gasteiger partial charge on any atom is 0.254 e. The number of hydrogen-bond acceptors (Lipinski definition) is 4. The van der Waals surface area contributed by atoms with Crippen LogP contribution in [0.1, 0.15) is 32.3 Å². The number of ether oxygens (including phenoxy) is 2. The van der Waals surface area contributed by atoms with E-state index in [1.54, 1.807) is 35.8 Å². The number of carbonyl (C=O) groups is 2. The summed E-state index contributed by atoms with van der Waals surface area (Å²) in [5, 5.41) is 0.595. The highest BCUT2D eigenvalue weighted by Gasteiger charge is 2.39. The van der Waals surface area contributed by atoms with Crippen LogP contribution in [-0.4, -0.2) is 60.6 Å². The number of hydrogen-bond donors (Lipinski definition) is 0. The number of halogens is 1. The van der Waals surface area contributed by atoms with Crippen molar-refractivity contribution in [2.24, 2.45) is 5.92 Å². The minimum absolute atomic E-state index is 0.0175. The standard InChI is InChI=1S/C26H33ClN2O4/c1-26(2,32-4)25(31)29-14-13-23(33-22-12-8-11-21(27)16-22)20(18-29)15-24(30)28(3)17-19-9-6-5-7-10-19/h5-12,16,20,23H,13-15,17-18H2,1-4H3/t20-,23-/m0/s1. The van der Waals surface area contributed by atoms with Crippen LogP contribution >= 0.6 is 11.6 Å². The fraction of sp³-hybridized carbons (Fsp3) is 0.462. The maximum absolute atomic E-state index is 13.1. The van der Waals surface area contributed by atoms with Crippen LogP contribution in [0, 0.1) is 5.92 Å². The second kappa shape index (κ2) is 11.0. The van der Waals surface area contributed by atoms with Crippen molar-refractivity contribution in [2.45, 2.75) is 44.9 Å². The Kier molecular flexibility index (Phi) is 8.38. The molecule has 0 radical (unpaired) electrons. The number of nitrogens with zero attached hydrogens (tertiary/aromatic N) is 2. The van der Waals surface area contributed by atoms with E-state index in [4.69, 9.17) is 21.1 Å². The molecule has 2 atom stereocenters. The lowest BCUT2D eigenvalue weighted by Gasteiger charge is -2.41. The summed E-state index contributed by atoms with van der Waals surface area (Å²) in [6.07, 6.45) is 0.705. The first kappa shape index (κ1) is 25.1. The molecule has 1 aliphatic rings. The molecule has 3 rings (SSSR count). The Bertz CT molecular complexity index is 950. The summed E-state index contributed by atoms with van der Waals surface area (Å²) in [7, 11) is 3.34. The molecule has 0 bridgehead atoms. The molecule has 6 nitrogen and oxygen atoms in total. The van der Waals surface area contributed by atoms with Gasteiger partial charge in [-0.05, 0) is 37.6 Å². The van der Waals surface area contributed by atoms with Crippen LogP contribution in [0.25, 0.3) is 0 Å². The van der Waals surface area contributed by atoms with Crippen molar-refractivity contribution < 1.29 is 19.1 Å². The predicted molar refractivity (Wildman–Crippen MR) is 129 cm³/mol. The minimum Gasteiger partial charge on any atom is -0.490 e. The molecule has 1 fully saturated rings. The Hall–Kier alpha value is -2.57. The maximum atomic E-state index is 13.1. The summed E-state index contributed by atoms with van der Waals surface area (Å²) in [5.74, 6) is 0.449. The van der Waals surface area contributed by atoms with E-state index >= 15 is 0 Å². The van der Waals surface area contributed by atoms with E-state index in [1.807, 2.05) is 49.5 Å². The van der Waals surface area contributed by atoms with Gasteiger partial charge in [-0.25, -0.2) is 0 Å². The van der Waals surface area contributed by atoms with Crippen molar-refractivity contribution in [3.63, 3.8) is 0 Å². The highest BCUT2D eigenvalue weighted by atomic mass is 35.5. The summed E-state index contributed by atoms with van der Waals surface area (Å²) < 4.78 is 11.7. The number of amides is 2. The van der Waals surface area contributed by atoms with Crippen molar-refractivity contribution in [1.29, 1.82) is 0 Å². The molecule has 0 unspecified atom stereocenters. The topological polar surface area (TPSA) is 59.1 Å². The van der Waals surface area contributed by atoms with E-state index in [2.05, 4.69) is 0 Å². The average Bonchev–Trinajstić information content (AvgIpc) is 2.80. The second-order valence-electron chi connectivity index (χ2n) is 9.07. The van der Waals surface area contributed by atoms with Gasteiger partial charge < -0.3 is 19.3 Å². The van der Waals surface area contributed by atoms with Gasteiger partial charge in [0, 0.05) is 57.6 Å². The zero-order valence-electron chi connectivity index (χ0n) is 19.8. The van der Waals surface area contributed by atoms with Gasteiger partial charge in [0.1, 0.15) is 17.5 Å². The normalized spacial score (nSPS) is 18.6. The van der Waals surface area contributed by atoms with E-state index in [0.717, 1.165) is 5.56 Å². The molecule has 33 heavy (non-hydrogen) atoms. The summed E-state index contributed by atoms with van der Waals surface area (Å²) in [6, 6.07) is 17.2. The van der Waals surface area contributed by atoms with Crippen LogP contribution in [-0.2, 0) is 20.9 Å². The zero-order chi connectivity index (χ0) is 24.0. The number of piperidine rings is 1. The summed E-state index contributed by atoms with van der Waals surface area (Å²) in [5.41, 5.74) is 0.154. The van der Waals surface area contributed by atoms with Crippen LogP contribution in [0.5, 0.6) is 5.75 Å². The third-order valence-corrected chi connectivity index (χ3v) is 6.42. The molecule has 1 saturated heterocycles. The van der Waals surface area contributed by atoms with Gasteiger partial charge in [-0.3, -0.25) is 9.59 Å². The molecule has 2 aromatic carbocycles. The molecule has 0 saturated carbocycles. The lowest BCUT2D eigenvalue weighted by atomic mass is 9.89. The molecule has 7 heteroatoms. The van der Waals surface area contributed by atoms with Crippen molar-refractivity contribution >= 4 is 23.4 Å². The molecule has 0 N–H and O–H groups in total. The van der Waals surface area contributed by atoms with E-state index in [-0.39, 0.29) is 30.3 Å². The first-order chi connectivity index (χ1) is 15.7. The molecule has 2 amide bonds. The third kappa shape index (κ3) is 6.71. The van der Waals surface area contributed by atoms with Gasteiger partial charge in [-0.1, -0.05) is 48.0 Å². The van der Waals surface area contributed by atoms with E-state index in [1.165, 1.54) is 7.11 Å². The van der Waals surface area contributed by atoms with Gasteiger partial charge in [-0.15, -0.1) is 0 Å². The van der Waals surface area contributed by atoms with Gasteiger partial charge >= 0.3 is 0 Å². The van der Waals surface area contributed by atoms with Crippen LogP contribution in [0.3, 0.4) is 0 Å². The van der Waals surface area contributed by atoms with Gasteiger partial charge in [0.25, 0.3) is 5.91 Å². The largest absolute Gasteiger partial charge is 0.490 e. The lowest BCUT2D eigenvalue weighted by molar-refractivity contribution is -0.155. The lowest BCUT2D eigenvalue weighted by Crippen LogP contribution is -2.54. The average molecular weight is 473 g/mol. The highest BCUT2D eigenvalue weighted by molar-refractivity contribution is 6.30. The fourth-order valence-corrected chi connectivity index (χ4v) is 4.24. The number of rotatable bonds is 8. The highest BCUT2D eigenvalue weighted by Crippen LogP contribution is 2.29. The van der Waals surface area contributed by atoms with E-state index in [0.29, 0.717) is 36.8 Å². The number of carbonyl (C=O) groups excluding carboxylic acids is 2. The molecular weight excluding hydrogens is 440 g/mol. The van der Waals surface area contributed by atoms with Crippen molar-refractivity contribution in [1.82, 2.24) is 9.80 Å². The molecule has 2 aromatic rings. The van der Waals surface area contributed by atoms with Gasteiger partial charge in [0.15, 0.2) is 0 Å². The Morgan fingerprint density at radius 3 is 2.55 bits per heavy atom. The summed E-state index contributed by atoms with van der Waals surface area (Å²) in [4.78, 5) is 29.6. The molecule has 1 aliphatic heterocycles. The molecule has 0 aliphatic carbocycles. The van der Waals surface area contributed by atoms with E-state index in [9.17, 15) is 9.59 Å². The smallest absolute Gasteiger partial charge is 0.254 e. The van der Waals surface area contributed by atoms with Gasteiger partial charge in [-0.2, -0.15) is 0 Å². The number of likely N-dealkylation sites (tertiary alicyclic amines) is 1. The van der Waals surface area contributed by atoms with Gasteiger partial charge in [0.05, 0.1) is 0 Å². The third-order valence-electron chi connectivity index (χ3n) is 6.19. The number of benzene rings is 2. The van der Waals surface area contributed by atoms with Crippen molar-refractivity contribution in [3.05, 3.63) is 65.2 Å². The summed E-state index contributed by atoms with van der Waals surface area (Å²) >= 11 is 6.13. The van der Waals surface area contributed by atoms with Crippen molar-refractivity contribution in [2.75, 3.05) is 27.2 Å². The summed E-state index contributed by atoms with van der Waals surface area (Å²) in [6.45, 7) is 5.03. The predicted octanol–water partition coefficient (Wildman–Crippen LogP) is 4.41. The minimum atomic E-state index is -0.917.